The first-order valence-electron chi connectivity index (χ1n) is 37.3. The summed E-state index contributed by atoms with van der Waals surface area (Å²) in [6, 6.07) is 5.18. The highest BCUT2D eigenvalue weighted by Crippen LogP contribution is 2.49. The Kier molecular flexibility index (Phi) is 42.3. The standard InChI is InChI=1S/C36H69N7O21S2.C34H43N7O9S/c1-2-61-18-19-62-16-3-6-38-35(54)25(4-5-27(44)37-7-17-63-36-33(53)34(66(58,59)60)32(52)26(64-36)24-65(55,56)57)39-28(45)20-40-8-10-41(21-29(46)47)12-14-43(23-31(50)51)15-13-42(11-9-40)22-30(48)49;1-21-15-24(50-14-5-7-29(42)35-10-6-13-49-4)16-22(2)31(21)51(47,48)40-27(33(45)46)19-38-32(44)26-20-41(3)28-17-23(8-9-25(28)30(26)43)18-39-34-36-11-12-37-34/h25-26,32-34,36,52-53,55-60H,2-24H2,1H3,(H,37,44)(H,38,54)(H,39,45)(H,46,47)(H,48,49)(H,50,51);8-9,11-12,15-17,20,27,40H,5-7,10,13-14,18-19H2,1-4H3,(H,35,42)(H,38,44)(H,45,46)(H2,36,37,39)/t25-,26?,32?,33?,34?,36?;27-/m10/s1. The first-order valence-corrected chi connectivity index (χ1v) is 42.0. The molecule has 2 aliphatic rings. The number of nitrogens with zero attached hydrogens (tertiary/aromatic N) is 6. The number of carbonyl (C=O) groups excluding carboxylic acids is 5. The Morgan fingerprint density at radius 3 is 1.79 bits per heavy atom. The zero-order chi connectivity index (χ0) is 86.6. The summed E-state index contributed by atoms with van der Waals surface area (Å²) in [5.41, 5.74) is 1.26. The molecule has 7 atom stereocenters. The van der Waals surface area contributed by atoms with Crippen LogP contribution in [0.15, 0.2) is 58.6 Å². The number of H-pyrrole nitrogens is 1. The van der Waals surface area contributed by atoms with Crippen molar-refractivity contribution >= 4 is 102 Å². The maximum Gasteiger partial charge on any atom is 0.323 e. The van der Waals surface area contributed by atoms with Gasteiger partial charge >= 0.3 is 23.9 Å². The number of aryl methyl sites for hydroxylation is 3. The minimum Gasteiger partial charge on any atom is -0.494 e. The molecule has 6 rings (SSSR count). The Hall–Kier alpha value is -8.38. The maximum atomic E-state index is 13.6. The summed E-state index contributed by atoms with van der Waals surface area (Å²) >= 11 is 0. The number of rotatable bonds is 47. The average Bonchev–Trinajstić information content (AvgIpc) is 1.16. The molecule has 2 fully saturated rings. The molecule has 20 N–H and O–H groups in total. The van der Waals surface area contributed by atoms with E-state index in [-0.39, 0.29) is 146 Å². The van der Waals surface area contributed by atoms with E-state index in [9.17, 15) is 114 Å². The second-order valence-electron chi connectivity index (χ2n) is 27.4. The molecular formula is C70H112N14O30S3. The predicted molar refractivity (Wildman–Crippen MR) is 423 cm³/mol. The van der Waals surface area contributed by atoms with Crippen LogP contribution in [-0.4, -0.2) is 360 Å². The predicted octanol–water partition coefficient (Wildman–Crippen LogP) is -1.35. The molecule has 47 heteroatoms. The third-order valence-electron chi connectivity index (χ3n) is 18.0. The molecule has 4 heterocycles. The lowest BCUT2D eigenvalue weighted by Gasteiger charge is -2.47. The van der Waals surface area contributed by atoms with E-state index < -0.39 is 146 Å². The smallest absolute Gasteiger partial charge is 0.323 e. The van der Waals surface area contributed by atoms with Crippen molar-refractivity contribution in [1.82, 2.24) is 65.4 Å². The van der Waals surface area contributed by atoms with Gasteiger partial charge in [0.1, 0.15) is 47.0 Å². The molecule has 0 aliphatic carbocycles. The van der Waals surface area contributed by atoms with Gasteiger partial charge < -0.3 is 128 Å². The van der Waals surface area contributed by atoms with E-state index in [1.807, 2.05) is 6.92 Å². The Labute approximate surface area is 678 Å². The van der Waals surface area contributed by atoms with Crippen molar-refractivity contribution in [3.05, 3.63) is 81.4 Å². The van der Waals surface area contributed by atoms with Gasteiger partial charge in [-0.2, -0.15) is 4.72 Å². The fraction of sp³-hybridized carbons (Fsp3) is 0.614. The largest absolute Gasteiger partial charge is 0.494 e. The number of nitrogens with one attached hydrogen (secondary N) is 8. The lowest BCUT2D eigenvalue weighted by atomic mass is 10.0. The highest BCUT2D eigenvalue weighted by Gasteiger charge is 2.53. The molecule has 5 unspecified atom stereocenters. The summed E-state index contributed by atoms with van der Waals surface area (Å²) in [6.07, 6.45) is -1.79. The number of pyridine rings is 1. The van der Waals surface area contributed by atoms with Gasteiger partial charge in [-0.25, -0.2) is 13.4 Å². The molecule has 0 radical (unpaired) electrons. The van der Waals surface area contributed by atoms with Crippen LogP contribution in [0.25, 0.3) is 10.9 Å². The number of benzene rings is 2. The molecule has 0 spiro atoms. The number of aromatic amines is 1. The molecule has 44 nitrogen and oxygen atoms in total. The van der Waals surface area contributed by atoms with E-state index in [4.69, 9.17) is 28.4 Å². The van der Waals surface area contributed by atoms with Gasteiger partial charge in [0, 0.05) is 156 Å². The first kappa shape index (κ1) is 99.2. The van der Waals surface area contributed by atoms with Crippen molar-refractivity contribution in [3.63, 3.8) is 0 Å². The van der Waals surface area contributed by atoms with Gasteiger partial charge in [-0.1, -0.05) is 6.07 Å². The number of aromatic nitrogens is 3. The number of aliphatic carboxylic acids is 4. The van der Waals surface area contributed by atoms with E-state index in [2.05, 4.69) is 46.6 Å². The number of carboxylic acids is 4. The van der Waals surface area contributed by atoms with E-state index in [0.29, 0.717) is 87.1 Å². The van der Waals surface area contributed by atoms with Crippen LogP contribution in [0.2, 0.25) is 0 Å². The number of amides is 5. The molecule has 0 bridgehead atoms. The van der Waals surface area contributed by atoms with E-state index in [1.54, 1.807) is 82.8 Å². The van der Waals surface area contributed by atoms with Gasteiger partial charge in [0.15, 0.2) is 12.2 Å². The number of aliphatic hydroxyl groups excluding tert-OH is 2. The van der Waals surface area contributed by atoms with E-state index in [1.165, 1.54) is 18.3 Å². The average molecular weight is 1730 g/mol. The van der Waals surface area contributed by atoms with Gasteiger partial charge in [0.05, 0.1) is 90.5 Å². The Morgan fingerprint density at radius 1 is 0.667 bits per heavy atom. The van der Waals surface area contributed by atoms with Crippen LogP contribution in [0.1, 0.15) is 72.5 Å². The molecule has 660 valence electrons. The Balaban J connectivity index is 0.000000430. The molecule has 2 aromatic carbocycles. The van der Waals surface area contributed by atoms with Crippen molar-refractivity contribution in [2.24, 2.45) is 7.05 Å². The number of carboxylic acid groups (broad SMARTS) is 4. The van der Waals surface area contributed by atoms with Crippen molar-refractivity contribution < 1.29 is 138 Å². The number of hydrogen-bond donors (Lipinski definition) is 20. The summed E-state index contributed by atoms with van der Waals surface area (Å²) in [4.78, 5) is 139. The van der Waals surface area contributed by atoms with E-state index >= 15 is 0 Å². The zero-order valence-corrected chi connectivity index (χ0v) is 68.2. The summed E-state index contributed by atoms with van der Waals surface area (Å²) in [5.74, 6) is -7.81. The summed E-state index contributed by atoms with van der Waals surface area (Å²) < 4.78 is 120. The van der Waals surface area contributed by atoms with Crippen molar-refractivity contribution in [1.29, 1.82) is 0 Å². The van der Waals surface area contributed by atoms with Gasteiger partial charge in [-0.05, 0) is 87.4 Å². The zero-order valence-electron chi connectivity index (χ0n) is 65.7. The van der Waals surface area contributed by atoms with Crippen LogP contribution < -0.4 is 46.8 Å². The lowest BCUT2D eigenvalue weighted by molar-refractivity contribution is -0.258. The molecule has 117 heavy (non-hydrogen) atoms. The minimum atomic E-state index is -4.67. The van der Waals surface area contributed by atoms with Crippen LogP contribution in [0, 0.1) is 13.8 Å². The number of methoxy groups -OCH3 is 1. The lowest BCUT2D eigenvalue weighted by Crippen LogP contribution is -2.60. The molecule has 0 saturated carbocycles. The number of imidazole rings is 1. The summed E-state index contributed by atoms with van der Waals surface area (Å²) in [5, 5.41) is 73.6. The van der Waals surface area contributed by atoms with Crippen LogP contribution in [0.4, 0.5) is 5.95 Å². The maximum absolute atomic E-state index is 13.6. The fourth-order valence-corrected chi connectivity index (χ4v) is 15.7. The number of hydrogen-bond acceptors (Lipinski definition) is 32. The quantitative estimate of drug-likeness (QED) is 0.0227. The highest BCUT2D eigenvalue weighted by atomic mass is 32.3. The fourth-order valence-electron chi connectivity index (χ4n) is 12.3. The molecular weight excluding hydrogens is 1610 g/mol. The summed E-state index contributed by atoms with van der Waals surface area (Å²) in [7, 11) is -10.1. The molecule has 2 aromatic heterocycles. The molecule has 2 aliphatic heterocycles. The SMILES string of the molecule is CCOCCOCCCNC(=O)[C@@H](CCC(=O)NCCOC1OC(CS(O)(O)O)C(O)C(S(O)(O)O)C1O)NC(=O)CN1CCN(CC(=O)O)CCN(CC(=O)O)CCN(CC(=O)O)CC1.COCCCNC(=O)CCCOc1cc(C)c(S(=O)(=O)N[C@@H](CNC(=O)c2cn(C)c3cc(CNc4ncc[nH]4)ccc3c2=O)C(=O)O)c(C)c1. The number of sulfonamides is 1. The summed E-state index contributed by atoms with van der Waals surface area (Å²) in [6.45, 7) is 6.82. The molecule has 2 saturated heterocycles. The van der Waals surface area contributed by atoms with Gasteiger partial charge in [0.25, 0.3) is 5.91 Å². The Bertz CT molecular complexity index is 3990. The molecule has 5 amide bonds. The molecule has 4 aromatic rings. The Morgan fingerprint density at radius 2 is 1.24 bits per heavy atom. The number of ether oxygens (including phenoxy) is 6. The number of fused-ring (bicyclic) bond motifs is 1. The topological polar surface area (TPSA) is 634 Å². The second-order valence-corrected chi connectivity index (χ2v) is 32.3. The number of aliphatic hydroxyl groups is 2. The number of carbonyl (C=O) groups is 9. The minimum absolute atomic E-state index is 0.108. The van der Waals surface area contributed by atoms with Crippen LogP contribution >= 0.6 is 21.7 Å². The third-order valence-corrected chi connectivity index (χ3v) is 21.9. The highest BCUT2D eigenvalue weighted by molar-refractivity contribution is 8.20. The van der Waals surface area contributed by atoms with Crippen LogP contribution in [0.3, 0.4) is 0 Å². The van der Waals surface area contributed by atoms with Gasteiger partial charge in [0.2, 0.25) is 39.1 Å². The van der Waals surface area contributed by atoms with Crippen molar-refractivity contribution in [2.75, 3.05) is 169 Å². The van der Waals surface area contributed by atoms with Crippen LogP contribution in [-0.2, 0) is 85.7 Å². The first-order chi connectivity index (χ1) is 55.3. The van der Waals surface area contributed by atoms with Gasteiger partial charge in [-0.3, -0.25) is 67.5 Å². The van der Waals surface area contributed by atoms with Crippen molar-refractivity contribution in [2.45, 2.75) is 113 Å². The third kappa shape index (κ3) is 36.0. The van der Waals surface area contributed by atoms with E-state index in [0.717, 1.165) is 5.56 Å². The monoisotopic (exact) mass is 1720 g/mol. The number of anilines is 1. The van der Waals surface area contributed by atoms with Crippen LogP contribution in [0.5, 0.6) is 5.75 Å². The normalized spacial score (nSPS) is 18.5. The van der Waals surface area contributed by atoms with Gasteiger partial charge in [-0.15, -0.1) is 0 Å². The van der Waals surface area contributed by atoms with Crippen molar-refractivity contribution in [3.8, 4) is 5.75 Å². The second kappa shape index (κ2) is 49.9.